The Morgan fingerprint density at radius 2 is 1.94 bits per heavy atom. The Morgan fingerprint density at radius 3 is 2.44 bits per heavy atom. The highest BCUT2D eigenvalue weighted by molar-refractivity contribution is 5.78. The van der Waals surface area contributed by atoms with Gasteiger partial charge in [-0.05, 0) is 46.6 Å². The van der Waals surface area contributed by atoms with E-state index >= 15 is 0 Å². The maximum atomic E-state index is 11.6. The van der Waals surface area contributed by atoms with Gasteiger partial charge in [0, 0.05) is 18.1 Å². The lowest BCUT2D eigenvalue weighted by atomic mass is 9.91. The van der Waals surface area contributed by atoms with Gasteiger partial charge >= 0.3 is 0 Å². The van der Waals surface area contributed by atoms with Gasteiger partial charge in [0.2, 0.25) is 5.91 Å². The van der Waals surface area contributed by atoms with Crippen LogP contribution in [0.5, 0.6) is 0 Å². The van der Waals surface area contributed by atoms with Crippen LogP contribution in [0.4, 0.5) is 0 Å². The molecule has 0 aliphatic heterocycles. The largest absolute Gasteiger partial charge is 0.353 e. The molecule has 1 rings (SSSR count). The summed E-state index contributed by atoms with van der Waals surface area (Å²) in [5.74, 6) is 0.118. The first-order valence-corrected chi connectivity index (χ1v) is 6.24. The van der Waals surface area contributed by atoms with Crippen LogP contribution in [-0.2, 0) is 4.79 Å². The molecule has 16 heavy (non-hydrogen) atoms. The van der Waals surface area contributed by atoms with Gasteiger partial charge in [-0.15, -0.1) is 0 Å². The van der Waals surface area contributed by atoms with Crippen LogP contribution in [-0.4, -0.2) is 42.5 Å². The Bertz CT molecular complexity index is 222. The van der Waals surface area contributed by atoms with Gasteiger partial charge in [0.25, 0.3) is 0 Å². The molecule has 0 atom stereocenters. The second-order valence-electron chi connectivity index (χ2n) is 5.21. The van der Waals surface area contributed by atoms with Crippen molar-refractivity contribution in [2.24, 2.45) is 5.73 Å². The number of hydrogen-bond donors (Lipinski definition) is 2. The first-order chi connectivity index (χ1) is 7.49. The average Bonchev–Trinajstić information content (AvgIpc) is 2.16. The Balaban J connectivity index is 2.29. The normalized spacial score (nSPS) is 26.1. The van der Waals surface area contributed by atoms with Gasteiger partial charge in [-0.3, -0.25) is 9.69 Å². The van der Waals surface area contributed by atoms with Crippen molar-refractivity contribution in [3.63, 3.8) is 0 Å². The zero-order valence-electron chi connectivity index (χ0n) is 10.7. The molecule has 0 aromatic rings. The van der Waals surface area contributed by atoms with Crippen molar-refractivity contribution in [1.29, 1.82) is 0 Å². The number of nitrogens with two attached hydrogens (primary N) is 1. The predicted octanol–water partition coefficient (Wildman–Crippen LogP) is 0.713. The molecule has 0 heterocycles. The lowest BCUT2D eigenvalue weighted by Crippen LogP contribution is -2.44. The van der Waals surface area contributed by atoms with Crippen LogP contribution >= 0.6 is 0 Å². The third-order valence-electron chi connectivity index (χ3n) is 3.21. The number of carbonyl (C=O) groups is 1. The lowest BCUT2D eigenvalue weighted by molar-refractivity contribution is -0.123. The number of hydrogen-bond acceptors (Lipinski definition) is 3. The van der Waals surface area contributed by atoms with Crippen LogP contribution in [0.2, 0.25) is 0 Å². The number of carbonyl (C=O) groups excluding carboxylic acids is 1. The summed E-state index contributed by atoms with van der Waals surface area (Å²) in [5.41, 5.74) is 5.87. The van der Waals surface area contributed by atoms with Crippen LogP contribution in [0, 0.1) is 0 Å². The van der Waals surface area contributed by atoms with E-state index in [4.69, 9.17) is 5.73 Å². The molecular weight excluding hydrogens is 202 g/mol. The average molecular weight is 227 g/mol. The van der Waals surface area contributed by atoms with Gasteiger partial charge in [-0.1, -0.05) is 0 Å². The van der Waals surface area contributed by atoms with E-state index in [1.54, 1.807) is 0 Å². The quantitative estimate of drug-likeness (QED) is 0.744. The molecule has 0 spiro atoms. The monoisotopic (exact) mass is 227 g/mol. The standard InChI is InChI=1S/C12H25N3O/c1-9(2)14-12(16)8-15(3)11-6-4-10(13)5-7-11/h9-11H,4-8,13H2,1-3H3,(H,14,16). The molecule has 0 unspecified atom stereocenters. The van der Waals surface area contributed by atoms with Crippen molar-refractivity contribution in [1.82, 2.24) is 10.2 Å². The fraction of sp³-hybridized carbons (Fsp3) is 0.917. The van der Waals surface area contributed by atoms with Gasteiger partial charge < -0.3 is 11.1 Å². The van der Waals surface area contributed by atoms with Gasteiger partial charge in [0.15, 0.2) is 0 Å². The Morgan fingerprint density at radius 1 is 1.38 bits per heavy atom. The molecule has 4 heteroatoms. The van der Waals surface area contributed by atoms with Crippen molar-refractivity contribution < 1.29 is 4.79 Å². The zero-order chi connectivity index (χ0) is 12.1. The highest BCUT2D eigenvalue weighted by Crippen LogP contribution is 2.20. The number of amides is 1. The van der Waals surface area contributed by atoms with Crippen molar-refractivity contribution >= 4 is 5.91 Å². The highest BCUT2D eigenvalue weighted by atomic mass is 16.2. The summed E-state index contributed by atoms with van der Waals surface area (Å²) >= 11 is 0. The molecule has 1 fully saturated rings. The number of likely N-dealkylation sites (N-methyl/N-ethyl adjacent to an activating group) is 1. The van der Waals surface area contributed by atoms with Crippen molar-refractivity contribution in [3.8, 4) is 0 Å². The van der Waals surface area contributed by atoms with Crippen molar-refractivity contribution in [3.05, 3.63) is 0 Å². The fourth-order valence-electron chi connectivity index (χ4n) is 2.27. The molecule has 1 aliphatic rings. The van der Waals surface area contributed by atoms with Gasteiger partial charge in [-0.2, -0.15) is 0 Å². The lowest BCUT2D eigenvalue weighted by Gasteiger charge is -2.33. The first kappa shape index (κ1) is 13.5. The van der Waals surface area contributed by atoms with Crippen molar-refractivity contribution in [2.45, 2.75) is 57.7 Å². The maximum Gasteiger partial charge on any atom is 0.234 e. The molecule has 0 aromatic carbocycles. The van der Waals surface area contributed by atoms with Crippen LogP contribution < -0.4 is 11.1 Å². The second kappa shape index (κ2) is 6.21. The Labute approximate surface area is 98.6 Å². The third-order valence-corrected chi connectivity index (χ3v) is 3.21. The maximum absolute atomic E-state index is 11.6. The SMILES string of the molecule is CC(C)NC(=O)CN(C)C1CCC(N)CC1. The number of nitrogens with zero attached hydrogens (tertiary/aromatic N) is 1. The molecule has 0 radical (unpaired) electrons. The van der Waals surface area contributed by atoms with E-state index in [-0.39, 0.29) is 11.9 Å². The van der Waals surface area contributed by atoms with Crippen LogP contribution in [0.15, 0.2) is 0 Å². The minimum atomic E-state index is 0.118. The topological polar surface area (TPSA) is 58.4 Å². The van der Waals surface area contributed by atoms with E-state index in [2.05, 4.69) is 10.2 Å². The molecule has 1 saturated carbocycles. The van der Waals surface area contributed by atoms with Crippen molar-refractivity contribution in [2.75, 3.05) is 13.6 Å². The number of nitrogens with one attached hydrogen (secondary N) is 1. The summed E-state index contributed by atoms with van der Waals surface area (Å²) in [7, 11) is 2.03. The molecule has 3 N–H and O–H groups in total. The summed E-state index contributed by atoms with van der Waals surface area (Å²) in [6.07, 6.45) is 4.40. The summed E-state index contributed by atoms with van der Waals surface area (Å²) in [6.45, 7) is 4.47. The fourth-order valence-corrected chi connectivity index (χ4v) is 2.27. The zero-order valence-corrected chi connectivity index (χ0v) is 10.7. The minimum Gasteiger partial charge on any atom is -0.353 e. The van der Waals surface area contributed by atoms with E-state index in [0.29, 0.717) is 18.6 Å². The summed E-state index contributed by atoms with van der Waals surface area (Å²) < 4.78 is 0. The van der Waals surface area contributed by atoms with E-state index in [0.717, 1.165) is 25.7 Å². The van der Waals surface area contributed by atoms with Gasteiger partial charge in [0.1, 0.15) is 0 Å². The molecule has 0 saturated heterocycles. The highest BCUT2D eigenvalue weighted by Gasteiger charge is 2.23. The van der Waals surface area contributed by atoms with E-state index < -0.39 is 0 Å². The van der Waals surface area contributed by atoms with E-state index in [1.165, 1.54) is 0 Å². The third kappa shape index (κ3) is 4.49. The van der Waals surface area contributed by atoms with Crippen LogP contribution in [0.1, 0.15) is 39.5 Å². The van der Waals surface area contributed by atoms with E-state index in [9.17, 15) is 4.79 Å². The molecular formula is C12H25N3O. The molecule has 0 aromatic heterocycles. The second-order valence-corrected chi connectivity index (χ2v) is 5.21. The molecule has 94 valence electrons. The molecule has 1 aliphatic carbocycles. The Kier molecular flexibility index (Phi) is 5.22. The smallest absolute Gasteiger partial charge is 0.234 e. The summed E-state index contributed by atoms with van der Waals surface area (Å²) in [6, 6.07) is 1.12. The number of rotatable bonds is 4. The predicted molar refractivity (Wildman–Crippen MR) is 66.1 cm³/mol. The molecule has 1 amide bonds. The summed E-state index contributed by atoms with van der Waals surface area (Å²) in [5, 5.41) is 2.92. The van der Waals surface area contributed by atoms with Gasteiger partial charge in [0.05, 0.1) is 6.54 Å². The Hall–Kier alpha value is -0.610. The van der Waals surface area contributed by atoms with Gasteiger partial charge in [-0.25, -0.2) is 0 Å². The minimum absolute atomic E-state index is 0.118. The van der Waals surface area contributed by atoms with Crippen LogP contribution in [0.25, 0.3) is 0 Å². The molecule has 0 bridgehead atoms. The molecule has 4 nitrogen and oxygen atoms in total. The first-order valence-electron chi connectivity index (χ1n) is 6.24. The van der Waals surface area contributed by atoms with E-state index in [1.807, 2.05) is 20.9 Å². The summed E-state index contributed by atoms with van der Waals surface area (Å²) in [4.78, 5) is 13.7. The van der Waals surface area contributed by atoms with Crippen LogP contribution in [0.3, 0.4) is 0 Å².